The SMILES string of the molecule is N#C/C(=C\c1ccc(-c2cccc(C(F)(F)F)c2)o1)C(=O)Nc1nc2ccccc2s1. The number of hydrogen-bond donors (Lipinski definition) is 1. The van der Waals surface area contributed by atoms with Gasteiger partial charge in [-0.15, -0.1) is 0 Å². The zero-order chi connectivity index (χ0) is 22.0. The first-order valence-corrected chi connectivity index (χ1v) is 9.71. The Kier molecular flexibility index (Phi) is 5.31. The maximum atomic E-state index is 12.9. The van der Waals surface area contributed by atoms with Crippen LogP contribution >= 0.6 is 11.3 Å². The average molecular weight is 439 g/mol. The number of furan rings is 1. The molecule has 31 heavy (non-hydrogen) atoms. The van der Waals surface area contributed by atoms with Crippen LogP contribution in [0.15, 0.2) is 70.7 Å². The van der Waals surface area contributed by atoms with E-state index in [-0.39, 0.29) is 22.7 Å². The van der Waals surface area contributed by atoms with Crippen LogP contribution in [0.1, 0.15) is 11.3 Å². The maximum Gasteiger partial charge on any atom is 0.416 e. The number of nitriles is 1. The van der Waals surface area contributed by atoms with E-state index in [2.05, 4.69) is 10.3 Å². The molecule has 1 amide bonds. The van der Waals surface area contributed by atoms with E-state index in [9.17, 15) is 23.2 Å². The average Bonchev–Trinajstić information content (AvgIpc) is 3.37. The molecule has 2 aromatic carbocycles. The quantitative estimate of drug-likeness (QED) is 0.307. The van der Waals surface area contributed by atoms with Crippen LogP contribution in [0, 0.1) is 11.3 Å². The number of carbonyl (C=O) groups is 1. The van der Waals surface area contributed by atoms with Crippen molar-refractivity contribution in [2.75, 3.05) is 5.32 Å². The number of aromatic nitrogens is 1. The molecule has 0 unspecified atom stereocenters. The number of para-hydroxylation sites is 1. The van der Waals surface area contributed by atoms with Gasteiger partial charge in [0.2, 0.25) is 0 Å². The third kappa shape index (κ3) is 4.49. The monoisotopic (exact) mass is 439 g/mol. The molecule has 0 fully saturated rings. The Balaban J connectivity index is 1.55. The highest BCUT2D eigenvalue weighted by atomic mass is 32.1. The van der Waals surface area contributed by atoms with Crippen molar-refractivity contribution in [1.29, 1.82) is 5.26 Å². The van der Waals surface area contributed by atoms with Gasteiger partial charge in [0.05, 0.1) is 15.8 Å². The van der Waals surface area contributed by atoms with Crippen LogP contribution in [0.3, 0.4) is 0 Å². The molecular formula is C22H12F3N3O2S. The number of thiazole rings is 1. The summed E-state index contributed by atoms with van der Waals surface area (Å²) < 4.78 is 45.2. The normalized spacial score (nSPS) is 12.0. The fraction of sp³-hybridized carbons (Fsp3) is 0.0455. The Labute approximate surface area is 178 Å². The van der Waals surface area contributed by atoms with E-state index in [1.54, 1.807) is 12.1 Å². The lowest BCUT2D eigenvalue weighted by Gasteiger charge is -2.07. The van der Waals surface area contributed by atoms with Gasteiger partial charge in [-0.3, -0.25) is 10.1 Å². The van der Waals surface area contributed by atoms with Crippen LogP contribution in [0.2, 0.25) is 0 Å². The predicted molar refractivity (Wildman–Crippen MR) is 111 cm³/mol. The van der Waals surface area contributed by atoms with E-state index in [4.69, 9.17) is 4.42 Å². The molecule has 0 aliphatic heterocycles. The second kappa shape index (κ2) is 8.08. The Hall–Kier alpha value is -3.90. The first kappa shape index (κ1) is 20.4. The number of nitrogens with zero attached hydrogens (tertiary/aromatic N) is 2. The largest absolute Gasteiger partial charge is 0.457 e. The fourth-order valence-electron chi connectivity index (χ4n) is 2.82. The van der Waals surface area contributed by atoms with Gasteiger partial charge in [-0.25, -0.2) is 4.98 Å². The highest BCUT2D eigenvalue weighted by molar-refractivity contribution is 7.22. The molecule has 0 saturated carbocycles. The molecule has 0 radical (unpaired) electrons. The summed E-state index contributed by atoms with van der Waals surface area (Å²) in [6.07, 6.45) is -3.25. The van der Waals surface area contributed by atoms with E-state index in [0.717, 1.165) is 22.3 Å². The highest BCUT2D eigenvalue weighted by Crippen LogP contribution is 2.33. The fourth-order valence-corrected chi connectivity index (χ4v) is 3.68. The summed E-state index contributed by atoms with van der Waals surface area (Å²) in [7, 11) is 0. The number of anilines is 1. The first-order valence-electron chi connectivity index (χ1n) is 8.90. The second-order valence-corrected chi connectivity index (χ2v) is 7.42. The van der Waals surface area contributed by atoms with Gasteiger partial charge in [0, 0.05) is 11.6 Å². The molecule has 0 saturated heterocycles. The molecule has 5 nitrogen and oxygen atoms in total. The number of benzene rings is 2. The van der Waals surface area contributed by atoms with Gasteiger partial charge in [-0.05, 0) is 36.4 Å². The van der Waals surface area contributed by atoms with Gasteiger partial charge >= 0.3 is 6.18 Å². The lowest BCUT2D eigenvalue weighted by atomic mass is 10.1. The molecule has 0 aliphatic carbocycles. The van der Waals surface area contributed by atoms with Crippen LogP contribution in [0.25, 0.3) is 27.6 Å². The third-order valence-corrected chi connectivity index (χ3v) is 5.22. The van der Waals surface area contributed by atoms with E-state index in [1.165, 1.54) is 41.7 Å². The van der Waals surface area contributed by atoms with Gasteiger partial charge in [0.25, 0.3) is 5.91 Å². The molecule has 4 rings (SSSR count). The molecule has 0 aliphatic rings. The number of alkyl halides is 3. The second-order valence-electron chi connectivity index (χ2n) is 6.39. The number of rotatable bonds is 4. The van der Waals surface area contributed by atoms with Gasteiger partial charge in [0.1, 0.15) is 23.2 Å². The molecule has 4 aromatic rings. The summed E-state index contributed by atoms with van der Waals surface area (Å²) in [5.41, 5.74) is -0.0791. The van der Waals surface area contributed by atoms with Gasteiger partial charge < -0.3 is 4.42 Å². The molecule has 154 valence electrons. The van der Waals surface area contributed by atoms with Crippen molar-refractivity contribution in [2.24, 2.45) is 0 Å². The first-order chi connectivity index (χ1) is 14.8. The van der Waals surface area contributed by atoms with Crippen molar-refractivity contribution in [3.63, 3.8) is 0 Å². The minimum absolute atomic E-state index is 0.156. The van der Waals surface area contributed by atoms with Crippen molar-refractivity contribution >= 4 is 38.7 Å². The molecule has 0 spiro atoms. The molecule has 2 aromatic heterocycles. The highest BCUT2D eigenvalue weighted by Gasteiger charge is 2.30. The summed E-state index contributed by atoms with van der Waals surface area (Å²) in [4.78, 5) is 16.7. The van der Waals surface area contributed by atoms with Crippen molar-refractivity contribution in [3.8, 4) is 17.4 Å². The summed E-state index contributed by atoms with van der Waals surface area (Å²) in [5.74, 6) is -0.330. The summed E-state index contributed by atoms with van der Waals surface area (Å²) in [5, 5.41) is 12.3. The van der Waals surface area contributed by atoms with Crippen LogP contribution < -0.4 is 5.32 Å². The number of fused-ring (bicyclic) bond motifs is 1. The van der Waals surface area contributed by atoms with E-state index in [1.807, 2.05) is 18.2 Å². The minimum atomic E-state index is -4.47. The Morgan fingerprint density at radius 3 is 2.68 bits per heavy atom. The van der Waals surface area contributed by atoms with Crippen molar-refractivity contribution in [3.05, 3.63) is 77.6 Å². The molecule has 0 atom stereocenters. The lowest BCUT2D eigenvalue weighted by molar-refractivity contribution is -0.137. The number of nitrogens with one attached hydrogen (secondary N) is 1. The topological polar surface area (TPSA) is 78.9 Å². The van der Waals surface area contributed by atoms with Crippen LogP contribution in [-0.2, 0) is 11.0 Å². The molecule has 1 N–H and O–H groups in total. The smallest absolute Gasteiger partial charge is 0.416 e. The van der Waals surface area contributed by atoms with E-state index >= 15 is 0 Å². The zero-order valence-corrected chi connectivity index (χ0v) is 16.4. The lowest BCUT2D eigenvalue weighted by Crippen LogP contribution is -2.13. The van der Waals surface area contributed by atoms with Crippen molar-refractivity contribution < 1.29 is 22.4 Å². The predicted octanol–water partition coefficient (Wildman–Crippen LogP) is 6.12. The number of hydrogen-bond acceptors (Lipinski definition) is 5. The van der Waals surface area contributed by atoms with Gasteiger partial charge in [0.15, 0.2) is 5.13 Å². The summed E-state index contributed by atoms with van der Waals surface area (Å²) in [6.45, 7) is 0. The Morgan fingerprint density at radius 1 is 1.13 bits per heavy atom. The number of halogens is 3. The Bertz CT molecular complexity index is 1310. The van der Waals surface area contributed by atoms with Gasteiger partial charge in [-0.1, -0.05) is 35.6 Å². The molecule has 0 bridgehead atoms. The van der Waals surface area contributed by atoms with E-state index in [0.29, 0.717) is 5.13 Å². The van der Waals surface area contributed by atoms with Crippen LogP contribution in [0.4, 0.5) is 18.3 Å². The summed E-state index contributed by atoms with van der Waals surface area (Å²) in [6, 6.07) is 16.8. The third-order valence-electron chi connectivity index (χ3n) is 4.27. The molecular weight excluding hydrogens is 427 g/mol. The number of amides is 1. The molecule has 9 heteroatoms. The van der Waals surface area contributed by atoms with E-state index < -0.39 is 17.6 Å². The summed E-state index contributed by atoms with van der Waals surface area (Å²) >= 11 is 1.27. The van der Waals surface area contributed by atoms with Gasteiger partial charge in [-0.2, -0.15) is 18.4 Å². The standard InChI is InChI=1S/C22H12F3N3O2S/c23-22(24,25)15-5-3-4-13(10-15)18-9-8-16(30-18)11-14(12-26)20(29)28-21-27-17-6-1-2-7-19(17)31-21/h1-11H,(H,27,28,29)/b14-11+. The minimum Gasteiger partial charge on any atom is -0.457 e. The zero-order valence-electron chi connectivity index (χ0n) is 15.6. The Morgan fingerprint density at radius 2 is 1.94 bits per heavy atom. The van der Waals surface area contributed by atoms with Crippen LogP contribution in [0.5, 0.6) is 0 Å². The van der Waals surface area contributed by atoms with Crippen molar-refractivity contribution in [2.45, 2.75) is 6.18 Å². The maximum absolute atomic E-state index is 12.9. The van der Waals surface area contributed by atoms with Crippen molar-refractivity contribution in [1.82, 2.24) is 4.98 Å². The van der Waals surface area contributed by atoms with Crippen LogP contribution in [-0.4, -0.2) is 10.9 Å². The molecule has 2 heterocycles. The number of carbonyl (C=O) groups excluding carboxylic acids is 1.